The van der Waals surface area contributed by atoms with Gasteiger partial charge in [-0.1, -0.05) is 23.2 Å². The Kier molecular flexibility index (Phi) is 6.02. The van der Waals surface area contributed by atoms with Gasteiger partial charge in [-0.25, -0.2) is 0 Å². The molecule has 0 radical (unpaired) electrons. The van der Waals surface area contributed by atoms with E-state index in [2.05, 4.69) is 15.1 Å². The van der Waals surface area contributed by atoms with Gasteiger partial charge >= 0.3 is 0 Å². The number of anilines is 1. The molecule has 7 heteroatoms. The molecule has 1 atom stereocenters. The van der Waals surface area contributed by atoms with Crippen LogP contribution in [0.2, 0.25) is 10.0 Å². The van der Waals surface area contributed by atoms with Crippen molar-refractivity contribution in [3.63, 3.8) is 0 Å². The molecule has 0 spiro atoms. The second-order valence-corrected chi connectivity index (χ2v) is 7.09. The molecule has 0 unspecified atom stereocenters. The molecule has 0 bridgehead atoms. The number of amides is 1. The predicted molar refractivity (Wildman–Crippen MR) is 100 cm³/mol. The number of hydrogen-bond acceptors (Lipinski definition) is 4. The van der Waals surface area contributed by atoms with Gasteiger partial charge in [-0.05, 0) is 37.3 Å². The van der Waals surface area contributed by atoms with Crippen LogP contribution in [0.3, 0.4) is 0 Å². The Hall–Kier alpha value is -1.53. The predicted octanol–water partition coefficient (Wildman–Crippen LogP) is 3.73. The SMILES string of the molecule is C[C@@H](C(=O)Nc1cc(Cl)cc(Cl)c1)N1CCN(Cc2ccco2)CC1. The molecule has 0 saturated carbocycles. The van der Waals surface area contributed by atoms with E-state index in [0.29, 0.717) is 15.7 Å². The van der Waals surface area contributed by atoms with E-state index in [-0.39, 0.29) is 11.9 Å². The summed E-state index contributed by atoms with van der Waals surface area (Å²) in [5.41, 5.74) is 0.616. The summed E-state index contributed by atoms with van der Waals surface area (Å²) in [7, 11) is 0. The molecule has 5 nitrogen and oxygen atoms in total. The minimum atomic E-state index is -0.219. The van der Waals surface area contributed by atoms with Crippen LogP contribution in [0.4, 0.5) is 5.69 Å². The minimum absolute atomic E-state index is 0.0576. The maximum absolute atomic E-state index is 12.5. The molecule has 3 rings (SSSR count). The second-order valence-electron chi connectivity index (χ2n) is 6.21. The van der Waals surface area contributed by atoms with E-state index in [1.54, 1.807) is 24.5 Å². The number of nitrogens with one attached hydrogen (secondary N) is 1. The smallest absolute Gasteiger partial charge is 0.241 e. The molecule has 1 fully saturated rings. The number of furan rings is 1. The number of carbonyl (C=O) groups excluding carboxylic acids is 1. The van der Waals surface area contributed by atoms with Gasteiger partial charge in [0, 0.05) is 41.9 Å². The highest BCUT2D eigenvalue weighted by atomic mass is 35.5. The first-order chi connectivity index (χ1) is 12.0. The van der Waals surface area contributed by atoms with Gasteiger partial charge < -0.3 is 9.73 Å². The zero-order chi connectivity index (χ0) is 17.8. The van der Waals surface area contributed by atoms with E-state index in [4.69, 9.17) is 27.6 Å². The largest absolute Gasteiger partial charge is 0.468 e. The first-order valence-corrected chi connectivity index (χ1v) is 9.02. The highest BCUT2D eigenvalue weighted by molar-refractivity contribution is 6.35. The topological polar surface area (TPSA) is 48.7 Å². The first kappa shape index (κ1) is 18.3. The molecule has 0 aliphatic carbocycles. The van der Waals surface area contributed by atoms with E-state index in [9.17, 15) is 4.79 Å². The molecule has 1 aromatic heterocycles. The van der Waals surface area contributed by atoms with Crippen molar-refractivity contribution in [3.05, 3.63) is 52.4 Å². The molecule has 25 heavy (non-hydrogen) atoms. The summed E-state index contributed by atoms with van der Waals surface area (Å²) in [4.78, 5) is 17.0. The van der Waals surface area contributed by atoms with Gasteiger partial charge in [0.05, 0.1) is 18.8 Å². The van der Waals surface area contributed by atoms with E-state index >= 15 is 0 Å². The average molecular weight is 382 g/mol. The minimum Gasteiger partial charge on any atom is -0.468 e. The van der Waals surface area contributed by atoms with Crippen LogP contribution in [-0.4, -0.2) is 47.9 Å². The van der Waals surface area contributed by atoms with Crippen molar-refractivity contribution >= 4 is 34.8 Å². The summed E-state index contributed by atoms with van der Waals surface area (Å²) < 4.78 is 5.39. The van der Waals surface area contributed by atoms with Gasteiger partial charge in [0.2, 0.25) is 5.91 Å². The van der Waals surface area contributed by atoms with Crippen LogP contribution in [0.15, 0.2) is 41.0 Å². The zero-order valence-electron chi connectivity index (χ0n) is 14.0. The van der Waals surface area contributed by atoms with Crippen molar-refractivity contribution in [2.24, 2.45) is 0 Å². The molecule has 1 N–H and O–H groups in total. The summed E-state index contributed by atoms with van der Waals surface area (Å²) in [5.74, 6) is 0.912. The molecular formula is C18H21Cl2N3O2. The third kappa shape index (κ3) is 4.98. The van der Waals surface area contributed by atoms with Crippen LogP contribution < -0.4 is 5.32 Å². The van der Waals surface area contributed by atoms with Crippen LogP contribution in [0.5, 0.6) is 0 Å². The lowest BCUT2D eigenvalue weighted by Gasteiger charge is -2.37. The molecule has 134 valence electrons. The van der Waals surface area contributed by atoms with Crippen molar-refractivity contribution in [3.8, 4) is 0 Å². The van der Waals surface area contributed by atoms with Crippen LogP contribution in [-0.2, 0) is 11.3 Å². The average Bonchev–Trinajstić information content (AvgIpc) is 3.07. The molecule has 1 aromatic carbocycles. The molecule has 1 aliphatic heterocycles. The van der Waals surface area contributed by atoms with Crippen LogP contribution >= 0.6 is 23.2 Å². The highest BCUT2D eigenvalue weighted by Crippen LogP contribution is 2.23. The maximum atomic E-state index is 12.5. The molecular weight excluding hydrogens is 361 g/mol. The molecule has 1 saturated heterocycles. The van der Waals surface area contributed by atoms with Crippen molar-refractivity contribution in [2.45, 2.75) is 19.5 Å². The summed E-state index contributed by atoms with van der Waals surface area (Å²) >= 11 is 12.0. The zero-order valence-corrected chi connectivity index (χ0v) is 15.6. The van der Waals surface area contributed by atoms with E-state index in [0.717, 1.165) is 38.5 Å². The summed E-state index contributed by atoms with van der Waals surface area (Å²) in [6.45, 7) is 6.21. The van der Waals surface area contributed by atoms with Crippen LogP contribution in [0.25, 0.3) is 0 Å². The van der Waals surface area contributed by atoms with Crippen molar-refractivity contribution in [1.29, 1.82) is 0 Å². The van der Waals surface area contributed by atoms with E-state index < -0.39 is 0 Å². The lowest BCUT2D eigenvalue weighted by Crippen LogP contribution is -2.52. The summed E-state index contributed by atoms with van der Waals surface area (Å²) in [6.07, 6.45) is 1.69. The number of nitrogens with zero attached hydrogens (tertiary/aromatic N) is 2. The van der Waals surface area contributed by atoms with Gasteiger partial charge in [-0.3, -0.25) is 14.6 Å². The highest BCUT2D eigenvalue weighted by Gasteiger charge is 2.26. The Morgan fingerprint density at radius 2 is 1.88 bits per heavy atom. The lowest BCUT2D eigenvalue weighted by molar-refractivity contribution is -0.121. The van der Waals surface area contributed by atoms with Crippen LogP contribution in [0.1, 0.15) is 12.7 Å². The second kappa shape index (κ2) is 8.23. The molecule has 1 amide bonds. The lowest BCUT2D eigenvalue weighted by atomic mass is 10.2. The number of hydrogen-bond donors (Lipinski definition) is 1. The van der Waals surface area contributed by atoms with E-state index in [1.165, 1.54) is 0 Å². The van der Waals surface area contributed by atoms with Gasteiger partial charge in [0.25, 0.3) is 0 Å². The van der Waals surface area contributed by atoms with Gasteiger partial charge in [0.1, 0.15) is 5.76 Å². The van der Waals surface area contributed by atoms with Crippen molar-refractivity contribution in [2.75, 3.05) is 31.5 Å². The van der Waals surface area contributed by atoms with Gasteiger partial charge in [-0.15, -0.1) is 0 Å². The number of carbonyl (C=O) groups is 1. The third-order valence-corrected chi connectivity index (χ3v) is 4.86. The summed E-state index contributed by atoms with van der Waals surface area (Å²) in [6, 6.07) is 8.70. The molecule has 2 aromatic rings. The number of benzene rings is 1. The monoisotopic (exact) mass is 381 g/mol. The van der Waals surface area contributed by atoms with E-state index in [1.807, 2.05) is 19.1 Å². The Morgan fingerprint density at radius 3 is 2.48 bits per heavy atom. The van der Waals surface area contributed by atoms with Gasteiger partial charge in [0.15, 0.2) is 0 Å². The Bertz CT molecular complexity index is 693. The number of rotatable bonds is 5. The Morgan fingerprint density at radius 1 is 1.20 bits per heavy atom. The fourth-order valence-corrected chi connectivity index (χ4v) is 3.50. The Labute approximate surface area is 157 Å². The molecule has 2 heterocycles. The fourth-order valence-electron chi connectivity index (χ4n) is 2.97. The fraction of sp³-hybridized carbons (Fsp3) is 0.389. The Balaban J connectivity index is 1.51. The third-order valence-electron chi connectivity index (χ3n) is 4.42. The summed E-state index contributed by atoms with van der Waals surface area (Å²) in [5, 5.41) is 3.89. The maximum Gasteiger partial charge on any atom is 0.241 e. The van der Waals surface area contributed by atoms with Crippen molar-refractivity contribution in [1.82, 2.24) is 9.80 Å². The standard InChI is InChI=1S/C18H21Cl2N3O2/c1-13(18(24)21-16-10-14(19)9-15(20)11-16)23-6-4-22(5-7-23)12-17-3-2-8-25-17/h2-3,8-11,13H,4-7,12H2,1H3,(H,21,24)/t13-/m0/s1. The van der Waals surface area contributed by atoms with Gasteiger partial charge in [-0.2, -0.15) is 0 Å². The number of halogens is 2. The molecule has 1 aliphatic rings. The normalized spacial score (nSPS) is 17.4. The number of piperazine rings is 1. The quantitative estimate of drug-likeness (QED) is 0.856. The van der Waals surface area contributed by atoms with Crippen molar-refractivity contribution < 1.29 is 9.21 Å². The first-order valence-electron chi connectivity index (χ1n) is 8.27. The van der Waals surface area contributed by atoms with Crippen LogP contribution in [0, 0.1) is 0 Å².